The van der Waals surface area contributed by atoms with E-state index in [0.717, 1.165) is 64.2 Å². The molecule has 0 amide bonds. The lowest BCUT2D eigenvalue weighted by Gasteiger charge is -2.05. The molecule has 0 spiro atoms. The van der Waals surface area contributed by atoms with E-state index in [9.17, 15) is 19.2 Å². The van der Waals surface area contributed by atoms with E-state index >= 15 is 0 Å². The summed E-state index contributed by atoms with van der Waals surface area (Å²) >= 11 is 0. The average Bonchev–Trinajstić information content (AvgIpc) is 2.99. The van der Waals surface area contributed by atoms with Crippen LogP contribution in [0.5, 0.6) is 0 Å². The van der Waals surface area contributed by atoms with Crippen LogP contribution in [-0.4, -0.2) is 23.5 Å². The Kier molecular flexibility index (Phi) is 34.1. The summed E-state index contributed by atoms with van der Waals surface area (Å²) in [5.74, 6) is -0.0542. The van der Waals surface area contributed by atoms with E-state index in [2.05, 4.69) is 0 Å². The fourth-order valence-corrected chi connectivity index (χ4v) is 6.11. The van der Waals surface area contributed by atoms with Crippen molar-refractivity contribution in [2.75, 3.05) is 0 Å². The maximum Gasteiger partial charge on any atom is 0.313 e. The molecule has 0 heterocycles. The first-order valence-corrected chi connectivity index (χ1v) is 19.6. The molecule has 0 aliphatic rings. The summed E-state index contributed by atoms with van der Waals surface area (Å²) in [5, 5.41) is 0. The van der Waals surface area contributed by atoms with Gasteiger partial charge in [0.15, 0.2) is 0 Å². The van der Waals surface area contributed by atoms with Crippen LogP contribution in [0.15, 0.2) is 0 Å². The van der Waals surface area contributed by atoms with Gasteiger partial charge in [0.25, 0.3) is 0 Å². The summed E-state index contributed by atoms with van der Waals surface area (Å²) in [6.07, 6.45) is 39.1. The van der Waals surface area contributed by atoms with Crippen LogP contribution in [0, 0.1) is 0 Å². The molecule has 0 saturated heterocycles. The minimum absolute atomic E-state index is 0.319. The lowest BCUT2D eigenvalue weighted by Crippen LogP contribution is -2.11. The Labute approximate surface area is 279 Å². The highest BCUT2D eigenvalue weighted by Gasteiger charge is 2.10. The highest BCUT2D eigenvalue weighted by molar-refractivity contribution is 5.85. The van der Waals surface area contributed by atoms with Crippen molar-refractivity contribution < 1.29 is 23.9 Å². The predicted molar refractivity (Wildman–Crippen MR) is 189 cm³/mol. The van der Waals surface area contributed by atoms with Gasteiger partial charge in [-0.1, -0.05) is 167 Å². The van der Waals surface area contributed by atoms with Crippen molar-refractivity contribution in [3.8, 4) is 0 Å². The van der Waals surface area contributed by atoms with E-state index < -0.39 is 0 Å². The SMILES string of the molecule is CC(=O)CCCCCCCCCCCCCCCCCC(=O)OC(=O)CCCCCCCCCCCCCCCCCC(C)=O. The maximum absolute atomic E-state index is 12.0. The summed E-state index contributed by atoms with van der Waals surface area (Å²) in [6, 6.07) is 0. The van der Waals surface area contributed by atoms with Crippen molar-refractivity contribution in [3.63, 3.8) is 0 Å². The van der Waals surface area contributed by atoms with Crippen LogP contribution in [0.2, 0.25) is 0 Å². The van der Waals surface area contributed by atoms with Gasteiger partial charge in [-0.3, -0.25) is 9.59 Å². The van der Waals surface area contributed by atoms with Crippen LogP contribution in [0.1, 0.15) is 232 Å². The minimum Gasteiger partial charge on any atom is -0.393 e. The van der Waals surface area contributed by atoms with Crippen molar-refractivity contribution in [2.24, 2.45) is 0 Å². The molecule has 5 heteroatoms. The smallest absolute Gasteiger partial charge is 0.313 e. The van der Waals surface area contributed by atoms with Gasteiger partial charge < -0.3 is 14.3 Å². The average molecular weight is 635 g/mol. The van der Waals surface area contributed by atoms with Crippen molar-refractivity contribution in [2.45, 2.75) is 232 Å². The molecule has 0 aromatic heterocycles. The van der Waals surface area contributed by atoms with Gasteiger partial charge >= 0.3 is 11.9 Å². The van der Waals surface area contributed by atoms with E-state index in [4.69, 9.17) is 4.74 Å². The highest BCUT2D eigenvalue weighted by Crippen LogP contribution is 2.16. The molecule has 0 rings (SSSR count). The Morgan fingerprint density at radius 2 is 0.422 bits per heavy atom. The first-order valence-electron chi connectivity index (χ1n) is 19.6. The third-order valence-electron chi connectivity index (χ3n) is 9.05. The lowest BCUT2D eigenvalue weighted by molar-refractivity contribution is -0.159. The molecule has 264 valence electrons. The number of rotatable bonds is 36. The first-order chi connectivity index (χ1) is 21.9. The number of unbranched alkanes of at least 4 members (excludes halogenated alkanes) is 28. The molecule has 45 heavy (non-hydrogen) atoms. The third-order valence-corrected chi connectivity index (χ3v) is 9.05. The molecule has 0 unspecified atom stereocenters. The molecule has 0 aromatic carbocycles. The van der Waals surface area contributed by atoms with Crippen LogP contribution in [0.3, 0.4) is 0 Å². The van der Waals surface area contributed by atoms with Crippen molar-refractivity contribution in [1.82, 2.24) is 0 Å². The van der Waals surface area contributed by atoms with Crippen LogP contribution in [0.25, 0.3) is 0 Å². The lowest BCUT2D eigenvalue weighted by atomic mass is 10.0. The molecule has 0 bridgehead atoms. The van der Waals surface area contributed by atoms with Crippen LogP contribution >= 0.6 is 0 Å². The second kappa shape index (κ2) is 35.3. The zero-order valence-electron chi connectivity index (χ0n) is 30.1. The topological polar surface area (TPSA) is 77.5 Å². The molecule has 0 N–H and O–H groups in total. The van der Waals surface area contributed by atoms with Gasteiger partial charge in [0.2, 0.25) is 0 Å². The molecule has 0 saturated carbocycles. The van der Waals surface area contributed by atoms with E-state index in [1.54, 1.807) is 13.8 Å². The molecule has 5 nitrogen and oxygen atoms in total. The number of ketones is 2. The normalized spacial score (nSPS) is 11.2. The zero-order valence-corrected chi connectivity index (χ0v) is 30.1. The van der Waals surface area contributed by atoms with Crippen molar-refractivity contribution in [1.29, 1.82) is 0 Å². The Bertz CT molecular complexity index is 643. The standard InChI is InChI=1S/C40H74O5/c1-37(41)33-29-25-21-17-13-9-5-3-7-11-15-19-23-27-31-35-39(43)45-40(44)36-32-28-24-20-16-12-8-4-6-10-14-18-22-26-30-34-38(2)42/h3-36H2,1-2H3. The van der Waals surface area contributed by atoms with Gasteiger partial charge in [-0.25, -0.2) is 0 Å². The Balaban J connectivity index is 3.28. The van der Waals surface area contributed by atoms with Crippen LogP contribution in [-0.2, 0) is 23.9 Å². The van der Waals surface area contributed by atoms with Gasteiger partial charge in [0.1, 0.15) is 11.6 Å². The number of hydrogen-bond acceptors (Lipinski definition) is 5. The predicted octanol–water partition coefficient (Wildman–Crippen LogP) is 12.5. The number of hydrogen-bond donors (Lipinski definition) is 0. The Morgan fingerprint density at radius 3 is 0.600 bits per heavy atom. The summed E-state index contributed by atoms with van der Waals surface area (Å²) < 4.78 is 5.01. The summed E-state index contributed by atoms with van der Waals surface area (Å²) in [5.41, 5.74) is 0. The molecular weight excluding hydrogens is 560 g/mol. The molecule has 0 atom stereocenters. The second-order valence-electron chi connectivity index (χ2n) is 13.9. The molecular formula is C40H74O5. The van der Waals surface area contributed by atoms with E-state index in [1.807, 2.05) is 0 Å². The minimum atomic E-state index is -0.347. The summed E-state index contributed by atoms with van der Waals surface area (Å²) in [6.45, 7) is 3.37. The highest BCUT2D eigenvalue weighted by atomic mass is 16.6. The van der Waals surface area contributed by atoms with Crippen molar-refractivity contribution in [3.05, 3.63) is 0 Å². The second-order valence-corrected chi connectivity index (χ2v) is 13.9. The number of carbonyl (C=O) groups is 4. The number of Topliss-reactive ketones (excluding diaryl/α,β-unsaturated/α-hetero) is 2. The molecule has 0 aliphatic heterocycles. The van der Waals surface area contributed by atoms with Gasteiger partial charge in [-0.2, -0.15) is 0 Å². The number of esters is 2. The van der Waals surface area contributed by atoms with Gasteiger partial charge in [0, 0.05) is 25.7 Å². The molecule has 0 fully saturated rings. The zero-order chi connectivity index (χ0) is 33.1. The van der Waals surface area contributed by atoms with E-state index in [-0.39, 0.29) is 11.9 Å². The molecule has 0 aromatic rings. The fourth-order valence-electron chi connectivity index (χ4n) is 6.11. The Morgan fingerprint density at radius 1 is 0.267 bits per heavy atom. The maximum atomic E-state index is 12.0. The first kappa shape index (κ1) is 43.5. The van der Waals surface area contributed by atoms with Gasteiger partial charge in [-0.15, -0.1) is 0 Å². The van der Waals surface area contributed by atoms with Crippen molar-refractivity contribution >= 4 is 23.5 Å². The molecule has 0 radical (unpaired) electrons. The quantitative estimate of drug-likeness (QED) is 0.0389. The Hall–Kier alpha value is -1.52. The number of ether oxygens (including phenoxy) is 1. The van der Waals surface area contributed by atoms with Crippen LogP contribution in [0.4, 0.5) is 0 Å². The van der Waals surface area contributed by atoms with Crippen LogP contribution < -0.4 is 0 Å². The fraction of sp³-hybridized carbons (Fsp3) is 0.900. The number of carbonyl (C=O) groups excluding carboxylic acids is 4. The summed E-state index contributed by atoms with van der Waals surface area (Å²) in [4.78, 5) is 45.8. The monoisotopic (exact) mass is 635 g/mol. The van der Waals surface area contributed by atoms with E-state index in [0.29, 0.717) is 24.4 Å². The van der Waals surface area contributed by atoms with Gasteiger partial charge in [-0.05, 0) is 39.5 Å². The van der Waals surface area contributed by atoms with E-state index in [1.165, 1.54) is 141 Å². The van der Waals surface area contributed by atoms with Gasteiger partial charge in [0.05, 0.1) is 0 Å². The largest absolute Gasteiger partial charge is 0.393 e. The summed E-state index contributed by atoms with van der Waals surface area (Å²) in [7, 11) is 0. The third kappa shape index (κ3) is 38.6. The molecule has 0 aliphatic carbocycles.